The summed E-state index contributed by atoms with van der Waals surface area (Å²) in [6.45, 7) is 1.80. The molecule has 0 aliphatic heterocycles. The van der Waals surface area contributed by atoms with E-state index in [0.717, 1.165) is 0 Å². The molecule has 0 unspecified atom stereocenters. The maximum Gasteiger partial charge on any atom is 0.326 e. The van der Waals surface area contributed by atoms with Crippen LogP contribution < -0.4 is 10.6 Å². The van der Waals surface area contributed by atoms with Crippen LogP contribution in [0.3, 0.4) is 0 Å². The summed E-state index contributed by atoms with van der Waals surface area (Å²) in [6.07, 6.45) is -0.420. The Labute approximate surface area is 113 Å². The number of rotatable bonds is 7. The van der Waals surface area contributed by atoms with Crippen molar-refractivity contribution in [2.24, 2.45) is 0 Å². The maximum absolute atomic E-state index is 11.4. The molecule has 10 heteroatoms. The van der Waals surface area contributed by atoms with Gasteiger partial charge in [-0.1, -0.05) is 5.16 Å². The zero-order chi connectivity index (χ0) is 15.1. The molecule has 1 rings (SSSR count). The molecule has 0 aromatic carbocycles. The summed E-state index contributed by atoms with van der Waals surface area (Å²) in [5.41, 5.74) is 0. The number of urea groups is 1. The molecule has 1 aromatic heterocycles. The van der Waals surface area contributed by atoms with Crippen LogP contribution in [0.25, 0.3) is 0 Å². The fourth-order valence-corrected chi connectivity index (χ4v) is 1.31. The molecule has 1 atom stereocenters. The predicted molar refractivity (Wildman–Crippen MR) is 63.0 cm³/mol. The minimum atomic E-state index is -1.49. The number of nitrogens with one attached hydrogen (secondary N) is 2. The molecule has 0 aliphatic rings. The van der Waals surface area contributed by atoms with Crippen molar-refractivity contribution >= 4 is 18.0 Å². The molecule has 20 heavy (non-hydrogen) atoms. The number of amides is 2. The van der Waals surface area contributed by atoms with E-state index in [4.69, 9.17) is 14.7 Å². The minimum absolute atomic E-state index is 0.146. The molecular formula is C10H14N4O6. The molecule has 0 bridgehead atoms. The first-order valence-electron chi connectivity index (χ1n) is 5.66. The van der Waals surface area contributed by atoms with Crippen LogP contribution in [0.1, 0.15) is 18.1 Å². The Bertz CT molecular complexity index is 500. The lowest BCUT2D eigenvalue weighted by molar-refractivity contribution is -0.145. The number of carboxylic acid groups (broad SMARTS) is 2. The van der Waals surface area contributed by atoms with Crippen LogP contribution in [0.5, 0.6) is 0 Å². The van der Waals surface area contributed by atoms with Crippen LogP contribution in [0.2, 0.25) is 0 Å². The molecule has 0 radical (unpaired) electrons. The number of nitrogens with zero attached hydrogens (tertiary/aromatic N) is 2. The third-order valence-electron chi connectivity index (χ3n) is 2.18. The van der Waals surface area contributed by atoms with E-state index in [9.17, 15) is 14.4 Å². The SMILES string of the molecule is Cc1noc(CCNC(=O)N[C@H](CC(=O)O)C(=O)O)n1. The number of carboxylic acids is 2. The molecule has 1 aromatic rings. The summed E-state index contributed by atoms with van der Waals surface area (Å²) >= 11 is 0. The lowest BCUT2D eigenvalue weighted by atomic mass is 10.2. The second-order valence-corrected chi connectivity index (χ2v) is 3.87. The minimum Gasteiger partial charge on any atom is -0.481 e. The zero-order valence-corrected chi connectivity index (χ0v) is 10.6. The highest BCUT2D eigenvalue weighted by molar-refractivity contribution is 5.86. The predicted octanol–water partition coefficient (Wildman–Crippen LogP) is -0.852. The van der Waals surface area contributed by atoms with Gasteiger partial charge >= 0.3 is 18.0 Å². The van der Waals surface area contributed by atoms with Gasteiger partial charge in [-0.3, -0.25) is 4.79 Å². The lowest BCUT2D eigenvalue weighted by Crippen LogP contribution is -2.47. The van der Waals surface area contributed by atoms with Crippen molar-refractivity contribution in [2.75, 3.05) is 6.54 Å². The average Bonchev–Trinajstić information content (AvgIpc) is 2.73. The van der Waals surface area contributed by atoms with Crippen LogP contribution in [0.4, 0.5) is 4.79 Å². The fraction of sp³-hybridized carbons (Fsp3) is 0.500. The van der Waals surface area contributed by atoms with Gasteiger partial charge in [0, 0.05) is 13.0 Å². The van der Waals surface area contributed by atoms with Crippen molar-refractivity contribution in [3.63, 3.8) is 0 Å². The average molecular weight is 286 g/mol. The van der Waals surface area contributed by atoms with Gasteiger partial charge in [0.05, 0.1) is 6.42 Å². The Kier molecular flexibility index (Phi) is 5.44. The van der Waals surface area contributed by atoms with Crippen molar-refractivity contribution in [1.82, 2.24) is 20.8 Å². The molecule has 2 amide bonds. The van der Waals surface area contributed by atoms with E-state index in [1.165, 1.54) is 0 Å². The van der Waals surface area contributed by atoms with E-state index in [-0.39, 0.29) is 13.0 Å². The van der Waals surface area contributed by atoms with Gasteiger partial charge in [0.2, 0.25) is 5.89 Å². The van der Waals surface area contributed by atoms with Crippen molar-refractivity contribution in [1.29, 1.82) is 0 Å². The third kappa shape index (κ3) is 5.33. The zero-order valence-electron chi connectivity index (χ0n) is 10.6. The Morgan fingerprint density at radius 2 is 2.05 bits per heavy atom. The second kappa shape index (κ2) is 7.07. The summed E-state index contributed by atoms with van der Waals surface area (Å²) in [5.74, 6) is -1.94. The van der Waals surface area contributed by atoms with Crippen LogP contribution >= 0.6 is 0 Å². The van der Waals surface area contributed by atoms with Gasteiger partial charge in [-0.2, -0.15) is 4.98 Å². The van der Waals surface area contributed by atoms with Gasteiger partial charge in [-0.25, -0.2) is 9.59 Å². The first kappa shape index (κ1) is 15.4. The van der Waals surface area contributed by atoms with Crippen LogP contribution in [-0.2, 0) is 16.0 Å². The lowest BCUT2D eigenvalue weighted by Gasteiger charge is -2.12. The highest BCUT2D eigenvalue weighted by Crippen LogP contribution is 1.96. The van der Waals surface area contributed by atoms with Crippen molar-refractivity contribution in [3.8, 4) is 0 Å². The molecule has 0 saturated heterocycles. The number of hydrogen-bond donors (Lipinski definition) is 4. The van der Waals surface area contributed by atoms with Crippen LogP contribution in [0.15, 0.2) is 4.52 Å². The summed E-state index contributed by atoms with van der Waals surface area (Å²) < 4.78 is 4.81. The number of aromatic nitrogens is 2. The maximum atomic E-state index is 11.4. The van der Waals surface area contributed by atoms with E-state index < -0.39 is 30.4 Å². The molecule has 0 saturated carbocycles. The van der Waals surface area contributed by atoms with Crippen LogP contribution in [-0.4, -0.2) is 50.9 Å². The number of aliphatic carboxylic acids is 2. The summed E-state index contributed by atoms with van der Waals surface area (Å²) in [7, 11) is 0. The molecule has 10 nitrogen and oxygen atoms in total. The first-order valence-corrected chi connectivity index (χ1v) is 5.66. The van der Waals surface area contributed by atoms with Gasteiger partial charge < -0.3 is 25.4 Å². The van der Waals surface area contributed by atoms with Gasteiger partial charge in [-0.15, -0.1) is 0 Å². The quantitative estimate of drug-likeness (QED) is 0.505. The molecule has 4 N–H and O–H groups in total. The summed E-state index contributed by atoms with van der Waals surface area (Å²) in [5, 5.41) is 25.2. The molecule has 0 fully saturated rings. The smallest absolute Gasteiger partial charge is 0.326 e. The first-order chi connectivity index (χ1) is 9.38. The molecular weight excluding hydrogens is 272 g/mol. The number of carbonyl (C=O) groups excluding carboxylic acids is 1. The topological polar surface area (TPSA) is 155 Å². The molecule has 1 heterocycles. The van der Waals surface area contributed by atoms with Gasteiger partial charge in [0.25, 0.3) is 0 Å². The molecule has 110 valence electrons. The number of hydrogen-bond acceptors (Lipinski definition) is 6. The van der Waals surface area contributed by atoms with Crippen molar-refractivity contribution in [3.05, 3.63) is 11.7 Å². The van der Waals surface area contributed by atoms with Crippen molar-refractivity contribution in [2.45, 2.75) is 25.8 Å². The Hall–Kier alpha value is -2.65. The van der Waals surface area contributed by atoms with Crippen molar-refractivity contribution < 1.29 is 29.1 Å². The third-order valence-corrected chi connectivity index (χ3v) is 2.18. The largest absolute Gasteiger partial charge is 0.481 e. The monoisotopic (exact) mass is 286 g/mol. The Balaban J connectivity index is 2.34. The number of aryl methyl sites for hydroxylation is 1. The van der Waals surface area contributed by atoms with Gasteiger partial charge in [-0.05, 0) is 6.92 Å². The second-order valence-electron chi connectivity index (χ2n) is 3.87. The van der Waals surface area contributed by atoms with Gasteiger partial charge in [0.1, 0.15) is 6.04 Å². The highest BCUT2D eigenvalue weighted by atomic mass is 16.5. The standard InChI is InChI=1S/C10H14N4O6/c1-5-12-7(20-14-5)2-3-11-10(19)13-6(9(17)18)4-8(15)16/h6H,2-4H2,1H3,(H,15,16)(H,17,18)(H2,11,13,19)/t6-/m1/s1. The number of carbonyl (C=O) groups is 3. The summed E-state index contributed by atoms with van der Waals surface area (Å²) in [4.78, 5) is 36.5. The van der Waals surface area contributed by atoms with Crippen LogP contribution in [0, 0.1) is 6.92 Å². The van der Waals surface area contributed by atoms with Gasteiger partial charge in [0.15, 0.2) is 5.82 Å². The Morgan fingerprint density at radius 1 is 1.35 bits per heavy atom. The summed E-state index contributed by atoms with van der Waals surface area (Å²) in [6, 6.07) is -2.27. The van der Waals surface area contributed by atoms with E-state index >= 15 is 0 Å². The highest BCUT2D eigenvalue weighted by Gasteiger charge is 2.22. The van der Waals surface area contributed by atoms with E-state index in [1.54, 1.807) is 6.92 Å². The molecule has 0 aliphatic carbocycles. The Morgan fingerprint density at radius 3 is 2.55 bits per heavy atom. The molecule has 0 spiro atoms. The van der Waals surface area contributed by atoms with E-state index in [0.29, 0.717) is 11.7 Å². The fourth-order valence-electron chi connectivity index (χ4n) is 1.31. The van der Waals surface area contributed by atoms with E-state index in [1.807, 2.05) is 5.32 Å². The normalized spacial score (nSPS) is 11.7. The van der Waals surface area contributed by atoms with E-state index in [2.05, 4.69) is 15.5 Å².